The third kappa shape index (κ3) is 3.98. The molecule has 0 aliphatic carbocycles. The fourth-order valence-corrected chi connectivity index (χ4v) is 2.44. The minimum Gasteiger partial charge on any atom is -0.316 e. The van der Waals surface area contributed by atoms with Gasteiger partial charge >= 0.3 is 0 Å². The maximum Gasteiger partial charge on any atom is 0.0406 e. The first-order valence-corrected chi connectivity index (χ1v) is 6.83. The molecule has 2 rings (SSSR count). The fraction of sp³-hybridized carbons (Fsp3) is 0.571. The lowest BCUT2D eigenvalue weighted by Gasteiger charge is -2.25. The van der Waals surface area contributed by atoms with Crippen LogP contribution in [0.4, 0.5) is 0 Å². The summed E-state index contributed by atoms with van der Waals surface area (Å²) in [5.74, 6) is 0.776. The molecular weight excluding hydrogens is 232 g/mol. The van der Waals surface area contributed by atoms with Crippen molar-refractivity contribution in [1.29, 1.82) is 0 Å². The number of hydrogen-bond acceptors (Lipinski definition) is 2. The highest BCUT2D eigenvalue weighted by Gasteiger charge is 2.14. The van der Waals surface area contributed by atoms with Crippen molar-refractivity contribution in [2.45, 2.75) is 25.8 Å². The summed E-state index contributed by atoms with van der Waals surface area (Å²) >= 11 is 5.89. The Labute approximate surface area is 109 Å². The predicted molar refractivity (Wildman–Crippen MR) is 73.5 cm³/mol. The van der Waals surface area contributed by atoms with E-state index in [1.807, 2.05) is 12.1 Å². The zero-order valence-corrected chi connectivity index (χ0v) is 11.1. The highest BCUT2D eigenvalue weighted by molar-refractivity contribution is 6.30. The van der Waals surface area contributed by atoms with Crippen molar-refractivity contribution in [3.8, 4) is 0 Å². The van der Waals surface area contributed by atoms with Crippen LogP contribution in [0.2, 0.25) is 5.02 Å². The van der Waals surface area contributed by atoms with Gasteiger partial charge in [0.15, 0.2) is 0 Å². The van der Waals surface area contributed by atoms with Crippen LogP contribution in [0.3, 0.4) is 0 Å². The Kier molecular flexibility index (Phi) is 4.84. The molecule has 0 radical (unpaired) electrons. The van der Waals surface area contributed by atoms with Gasteiger partial charge in [-0.3, -0.25) is 0 Å². The standard InChI is InChI=1S/C14H21ClN2/c1-11(13-4-6-14(15)7-5-13)17-10-12-3-2-8-16-9-12/h4-7,11-12,16-17H,2-3,8-10H2,1H3. The lowest BCUT2D eigenvalue weighted by molar-refractivity contribution is 0.348. The molecule has 94 valence electrons. The summed E-state index contributed by atoms with van der Waals surface area (Å²) in [4.78, 5) is 0. The van der Waals surface area contributed by atoms with Gasteiger partial charge in [0.1, 0.15) is 0 Å². The Morgan fingerprint density at radius 3 is 2.82 bits per heavy atom. The van der Waals surface area contributed by atoms with Crippen molar-refractivity contribution in [1.82, 2.24) is 10.6 Å². The van der Waals surface area contributed by atoms with E-state index in [2.05, 4.69) is 29.7 Å². The third-order valence-corrected chi connectivity index (χ3v) is 3.73. The van der Waals surface area contributed by atoms with Gasteiger partial charge in [-0.2, -0.15) is 0 Å². The summed E-state index contributed by atoms with van der Waals surface area (Å²) in [6.07, 6.45) is 2.65. The molecule has 2 nitrogen and oxygen atoms in total. The van der Waals surface area contributed by atoms with Crippen LogP contribution in [-0.4, -0.2) is 19.6 Å². The molecule has 17 heavy (non-hydrogen) atoms. The maximum absolute atomic E-state index is 5.89. The second-order valence-corrected chi connectivity index (χ2v) is 5.33. The van der Waals surface area contributed by atoms with Crippen LogP contribution < -0.4 is 10.6 Å². The Balaban J connectivity index is 1.80. The molecule has 1 saturated heterocycles. The van der Waals surface area contributed by atoms with Gasteiger partial charge < -0.3 is 10.6 Å². The molecule has 2 unspecified atom stereocenters. The van der Waals surface area contributed by atoms with Crippen LogP contribution in [0.15, 0.2) is 24.3 Å². The quantitative estimate of drug-likeness (QED) is 0.861. The molecule has 2 atom stereocenters. The Morgan fingerprint density at radius 2 is 2.18 bits per heavy atom. The minimum absolute atomic E-state index is 0.397. The molecule has 1 aliphatic rings. The lowest BCUT2D eigenvalue weighted by atomic mass is 9.99. The van der Waals surface area contributed by atoms with Crippen molar-refractivity contribution in [3.05, 3.63) is 34.9 Å². The van der Waals surface area contributed by atoms with E-state index in [4.69, 9.17) is 11.6 Å². The van der Waals surface area contributed by atoms with E-state index in [1.54, 1.807) is 0 Å². The van der Waals surface area contributed by atoms with Gasteiger partial charge in [-0.1, -0.05) is 23.7 Å². The molecule has 1 aliphatic heterocycles. The molecule has 0 bridgehead atoms. The van der Waals surface area contributed by atoms with Crippen LogP contribution in [-0.2, 0) is 0 Å². The fourth-order valence-electron chi connectivity index (χ4n) is 2.31. The lowest BCUT2D eigenvalue weighted by Crippen LogP contribution is -2.36. The molecule has 0 aromatic heterocycles. The zero-order valence-electron chi connectivity index (χ0n) is 10.4. The van der Waals surface area contributed by atoms with E-state index >= 15 is 0 Å². The molecule has 0 spiro atoms. The number of halogens is 1. The molecule has 2 N–H and O–H groups in total. The summed E-state index contributed by atoms with van der Waals surface area (Å²) < 4.78 is 0. The Morgan fingerprint density at radius 1 is 1.41 bits per heavy atom. The second-order valence-electron chi connectivity index (χ2n) is 4.89. The number of rotatable bonds is 4. The van der Waals surface area contributed by atoms with E-state index in [1.165, 1.54) is 24.9 Å². The van der Waals surface area contributed by atoms with Gasteiger partial charge in [-0.05, 0) is 63.0 Å². The van der Waals surface area contributed by atoms with Gasteiger partial charge in [0.2, 0.25) is 0 Å². The molecule has 1 heterocycles. The zero-order chi connectivity index (χ0) is 12.1. The number of benzene rings is 1. The van der Waals surface area contributed by atoms with E-state index in [0.717, 1.165) is 24.0 Å². The highest BCUT2D eigenvalue weighted by Crippen LogP contribution is 2.17. The van der Waals surface area contributed by atoms with Crippen LogP contribution in [0.1, 0.15) is 31.4 Å². The number of piperidine rings is 1. The summed E-state index contributed by atoms with van der Waals surface area (Å²) in [7, 11) is 0. The molecule has 1 aromatic carbocycles. The van der Waals surface area contributed by atoms with Crippen molar-refractivity contribution < 1.29 is 0 Å². The number of nitrogens with one attached hydrogen (secondary N) is 2. The first kappa shape index (κ1) is 12.9. The van der Waals surface area contributed by atoms with E-state index in [9.17, 15) is 0 Å². The van der Waals surface area contributed by atoms with Gasteiger partial charge in [0.05, 0.1) is 0 Å². The summed E-state index contributed by atoms with van der Waals surface area (Å²) in [5.41, 5.74) is 1.30. The van der Waals surface area contributed by atoms with Crippen LogP contribution in [0.5, 0.6) is 0 Å². The van der Waals surface area contributed by atoms with Gasteiger partial charge in [-0.15, -0.1) is 0 Å². The van der Waals surface area contributed by atoms with Gasteiger partial charge in [-0.25, -0.2) is 0 Å². The minimum atomic E-state index is 0.397. The number of hydrogen-bond donors (Lipinski definition) is 2. The largest absolute Gasteiger partial charge is 0.316 e. The average Bonchev–Trinajstić information content (AvgIpc) is 2.38. The SMILES string of the molecule is CC(NCC1CCCNC1)c1ccc(Cl)cc1. The van der Waals surface area contributed by atoms with Crippen LogP contribution in [0, 0.1) is 5.92 Å². The monoisotopic (exact) mass is 252 g/mol. The first-order valence-electron chi connectivity index (χ1n) is 6.45. The molecule has 1 aromatic rings. The van der Waals surface area contributed by atoms with E-state index in [-0.39, 0.29) is 0 Å². The van der Waals surface area contributed by atoms with Crippen LogP contribution >= 0.6 is 11.6 Å². The van der Waals surface area contributed by atoms with E-state index < -0.39 is 0 Å². The normalized spacial score (nSPS) is 22.4. The topological polar surface area (TPSA) is 24.1 Å². The highest BCUT2D eigenvalue weighted by atomic mass is 35.5. The second kappa shape index (κ2) is 6.39. The van der Waals surface area contributed by atoms with Crippen molar-refractivity contribution >= 4 is 11.6 Å². The first-order chi connectivity index (χ1) is 8.25. The van der Waals surface area contributed by atoms with Crippen molar-refractivity contribution in [2.24, 2.45) is 5.92 Å². The smallest absolute Gasteiger partial charge is 0.0406 e. The maximum atomic E-state index is 5.89. The van der Waals surface area contributed by atoms with Crippen LogP contribution in [0.25, 0.3) is 0 Å². The molecule has 3 heteroatoms. The summed E-state index contributed by atoms with van der Waals surface area (Å²) in [6, 6.07) is 8.50. The molecule has 0 amide bonds. The van der Waals surface area contributed by atoms with Gasteiger partial charge in [0, 0.05) is 11.1 Å². The Hall–Kier alpha value is -0.570. The van der Waals surface area contributed by atoms with E-state index in [0.29, 0.717) is 6.04 Å². The van der Waals surface area contributed by atoms with Crippen molar-refractivity contribution in [3.63, 3.8) is 0 Å². The summed E-state index contributed by atoms with van der Waals surface area (Å²) in [6.45, 7) is 5.64. The van der Waals surface area contributed by atoms with Gasteiger partial charge in [0.25, 0.3) is 0 Å². The molecule has 0 saturated carbocycles. The Bertz CT molecular complexity index is 331. The van der Waals surface area contributed by atoms with Crippen molar-refractivity contribution in [2.75, 3.05) is 19.6 Å². The molecule has 1 fully saturated rings. The molecular formula is C14H21ClN2. The predicted octanol–water partition coefficient (Wildman–Crippen LogP) is 2.99. The average molecular weight is 253 g/mol. The summed E-state index contributed by atoms with van der Waals surface area (Å²) in [5, 5.41) is 7.86. The third-order valence-electron chi connectivity index (χ3n) is 3.48.